The summed E-state index contributed by atoms with van der Waals surface area (Å²) in [5.74, 6) is -2.22. The van der Waals surface area contributed by atoms with Gasteiger partial charge in [0.15, 0.2) is 0 Å². The van der Waals surface area contributed by atoms with Gasteiger partial charge in [0, 0.05) is 48.9 Å². The first-order chi connectivity index (χ1) is 22.2. The van der Waals surface area contributed by atoms with Gasteiger partial charge in [0.25, 0.3) is 11.8 Å². The van der Waals surface area contributed by atoms with E-state index in [0.717, 1.165) is 30.9 Å². The zero-order valence-corrected chi connectivity index (χ0v) is 26.7. The van der Waals surface area contributed by atoms with Gasteiger partial charge in [0.1, 0.15) is 11.6 Å². The van der Waals surface area contributed by atoms with Crippen molar-refractivity contribution in [3.05, 3.63) is 113 Å². The molecule has 8 nitrogen and oxygen atoms in total. The van der Waals surface area contributed by atoms with Gasteiger partial charge in [-0.25, -0.2) is 13.8 Å². The van der Waals surface area contributed by atoms with Gasteiger partial charge in [0.2, 0.25) is 0 Å². The number of nitrogens with zero attached hydrogens (tertiary/aromatic N) is 2. The van der Waals surface area contributed by atoms with E-state index in [1.165, 1.54) is 24.0 Å². The molecule has 10 heteroatoms. The van der Waals surface area contributed by atoms with Gasteiger partial charge in [-0.1, -0.05) is 45.0 Å². The number of aliphatic hydroxyl groups excluding tert-OH is 1. The number of aliphatic hydroxyl groups is 1. The molecular formula is C36H43F2N5O3. The van der Waals surface area contributed by atoms with Crippen LogP contribution in [-0.4, -0.2) is 63.6 Å². The molecule has 1 aromatic heterocycles. The van der Waals surface area contributed by atoms with Gasteiger partial charge in [-0.15, -0.1) is 0 Å². The number of imidazole rings is 1. The Morgan fingerprint density at radius 2 is 1.61 bits per heavy atom. The van der Waals surface area contributed by atoms with Gasteiger partial charge in [-0.05, 0) is 72.7 Å². The molecule has 0 aliphatic heterocycles. The molecule has 2 amide bonds. The van der Waals surface area contributed by atoms with Crippen molar-refractivity contribution in [3.8, 4) is 11.3 Å². The van der Waals surface area contributed by atoms with Crippen molar-refractivity contribution in [1.29, 1.82) is 0 Å². The number of amides is 2. The van der Waals surface area contributed by atoms with Crippen molar-refractivity contribution >= 4 is 11.8 Å². The first-order valence-corrected chi connectivity index (χ1v) is 15.9. The van der Waals surface area contributed by atoms with Crippen LogP contribution in [0.2, 0.25) is 0 Å². The monoisotopic (exact) mass is 631 g/mol. The molecule has 0 spiro atoms. The summed E-state index contributed by atoms with van der Waals surface area (Å²) in [6.07, 6.45) is 4.47. The molecule has 0 aliphatic carbocycles. The van der Waals surface area contributed by atoms with Crippen LogP contribution in [-0.2, 0) is 19.4 Å². The lowest BCUT2D eigenvalue weighted by Crippen LogP contribution is -2.48. The highest BCUT2D eigenvalue weighted by molar-refractivity contribution is 6.01. The number of carbonyl (C=O) groups is 2. The van der Waals surface area contributed by atoms with Crippen LogP contribution in [0.1, 0.15) is 71.0 Å². The molecule has 4 rings (SSSR count). The number of benzene rings is 3. The van der Waals surface area contributed by atoms with E-state index < -0.39 is 29.7 Å². The molecule has 1 heterocycles. The first-order valence-electron chi connectivity index (χ1n) is 15.9. The molecule has 0 fully saturated rings. The number of nitrogens with one attached hydrogen (secondary N) is 3. The SMILES string of the molecule is CCCN(CCC)C(=O)c1cc(C(=O)N[C@@H](Cc2cc(F)cc(F)c2)[C@H](O)CNCc2cccc(CC)c2)cc(-c2cnc[nH]2)c1. The average molecular weight is 632 g/mol. The Balaban J connectivity index is 1.60. The fourth-order valence-electron chi connectivity index (χ4n) is 5.47. The predicted molar refractivity (Wildman–Crippen MR) is 175 cm³/mol. The molecule has 0 bridgehead atoms. The van der Waals surface area contributed by atoms with E-state index in [2.05, 4.69) is 33.6 Å². The summed E-state index contributed by atoms with van der Waals surface area (Å²) in [5.41, 5.74) is 4.31. The minimum Gasteiger partial charge on any atom is -0.390 e. The summed E-state index contributed by atoms with van der Waals surface area (Å²) in [4.78, 5) is 36.3. The average Bonchev–Trinajstić information content (AvgIpc) is 3.59. The predicted octanol–water partition coefficient (Wildman–Crippen LogP) is 5.67. The Kier molecular flexibility index (Phi) is 12.6. The summed E-state index contributed by atoms with van der Waals surface area (Å²) in [6, 6.07) is 15.3. The molecule has 244 valence electrons. The van der Waals surface area contributed by atoms with Gasteiger partial charge in [-0.3, -0.25) is 9.59 Å². The number of aromatic nitrogens is 2. The van der Waals surface area contributed by atoms with E-state index in [0.29, 0.717) is 36.5 Å². The summed E-state index contributed by atoms with van der Waals surface area (Å²) < 4.78 is 28.2. The molecular weight excluding hydrogens is 588 g/mol. The zero-order chi connectivity index (χ0) is 33.1. The number of hydrogen-bond donors (Lipinski definition) is 4. The van der Waals surface area contributed by atoms with Gasteiger partial charge in [-0.2, -0.15) is 0 Å². The van der Waals surface area contributed by atoms with Crippen LogP contribution in [0.25, 0.3) is 11.3 Å². The van der Waals surface area contributed by atoms with Crippen molar-refractivity contribution in [1.82, 2.24) is 25.5 Å². The maximum atomic E-state index is 14.1. The van der Waals surface area contributed by atoms with Crippen LogP contribution in [0.5, 0.6) is 0 Å². The molecule has 0 aliphatic rings. The van der Waals surface area contributed by atoms with E-state index in [-0.39, 0.29) is 30.0 Å². The Hall–Kier alpha value is -4.41. The summed E-state index contributed by atoms with van der Waals surface area (Å²) in [5, 5.41) is 17.4. The quantitative estimate of drug-likeness (QED) is 0.127. The minimum atomic E-state index is -1.11. The highest BCUT2D eigenvalue weighted by Gasteiger charge is 2.25. The van der Waals surface area contributed by atoms with E-state index in [1.807, 2.05) is 32.0 Å². The second-order valence-corrected chi connectivity index (χ2v) is 11.5. The van der Waals surface area contributed by atoms with Gasteiger partial charge < -0.3 is 25.6 Å². The Morgan fingerprint density at radius 3 is 2.26 bits per heavy atom. The zero-order valence-electron chi connectivity index (χ0n) is 26.7. The number of aryl methyl sites for hydroxylation is 1. The summed E-state index contributed by atoms with van der Waals surface area (Å²) in [6.45, 7) is 7.85. The maximum Gasteiger partial charge on any atom is 0.253 e. The van der Waals surface area contributed by atoms with Gasteiger partial charge >= 0.3 is 0 Å². The third kappa shape index (κ3) is 9.55. The van der Waals surface area contributed by atoms with Crippen molar-refractivity contribution < 1.29 is 23.5 Å². The standard InChI is InChI=1S/C36H43F2N5O3/c1-4-10-43(11-5-2)36(46)29-17-27(33-21-40-23-41-33)16-28(18-29)35(45)42-32(15-26-13-30(37)19-31(38)14-26)34(44)22-39-20-25-9-7-8-24(6-3)12-25/h7-9,12-14,16-19,21,23,32,34,39,44H,4-6,10-11,15,20,22H2,1-3H3,(H,40,41)(H,42,45)/t32-,34+/m0/s1. The normalized spacial score (nSPS) is 12.5. The third-order valence-corrected chi connectivity index (χ3v) is 7.77. The van der Waals surface area contributed by atoms with E-state index in [9.17, 15) is 23.5 Å². The topological polar surface area (TPSA) is 110 Å². The summed E-state index contributed by atoms with van der Waals surface area (Å²) >= 11 is 0. The third-order valence-electron chi connectivity index (χ3n) is 7.77. The van der Waals surface area contributed by atoms with Crippen LogP contribution in [0.3, 0.4) is 0 Å². The number of aromatic amines is 1. The molecule has 2 atom stereocenters. The number of halogens is 2. The highest BCUT2D eigenvalue weighted by Crippen LogP contribution is 2.22. The second kappa shape index (κ2) is 16.8. The minimum absolute atomic E-state index is 0.0264. The largest absolute Gasteiger partial charge is 0.390 e. The number of hydrogen-bond acceptors (Lipinski definition) is 5. The van der Waals surface area contributed by atoms with Crippen LogP contribution < -0.4 is 10.6 Å². The fraction of sp³-hybridized carbons (Fsp3) is 0.361. The second-order valence-electron chi connectivity index (χ2n) is 11.5. The lowest BCUT2D eigenvalue weighted by molar-refractivity contribution is 0.0755. The van der Waals surface area contributed by atoms with Crippen LogP contribution in [0, 0.1) is 11.6 Å². The molecule has 46 heavy (non-hydrogen) atoms. The van der Waals surface area contributed by atoms with Crippen LogP contribution >= 0.6 is 0 Å². The maximum absolute atomic E-state index is 14.1. The molecule has 0 unspecified atom stereocenters. The van der Waals surface area contributed by atoms with Gasteiger partial charge in [0.05, 0.1) is 30.4 Å². The molecule has 4 aromatic rings. The molecule has 0 radical (unpaired) electrons. The van der Waals surface area contributed by atoms with E-state index in [4.69, 9.17) is 0 Å². The van der Waals surface area contributed by atoms with Crippen molar-refractivity contribution in [2.45, 2.75) is 65.1 Å². The van der Waals surface area contributed by atoms with Crippen molar-refractivity contribution in [2.75, 3.05) is 19.6 Å². The Morgan fingerprint density at radius 1 is 0.913 bits per heavy atom. The molecule has 0 saturated heterocycles. The fourth-order valence-corrected chi connectivity index (χ4v) is 5.47. The van der Waals surface area contributed by atoms with Crippen LogP contribution in [0.4, 0.5) is 8.78 Å². The lowest BCUT2D eigenvalue weighted by atomic mass is 9.98. The van der Waals surface area contributed by atoms with Crippen LogP contribution in [0.15, 0.2) is 73.2 Å². The van der Waals surface area contributed by atoms with Crippen molar-refractivity contribution in [3.63, 3.8) is 0 Å². The first kappa shape index (κ1) is 34.5. The molecule has 4 N–H and O–H groups in total. The Labute approximate surface area is 269 Å². The van der Waals surface area contributed by atoms with Crippen molar-refractivity contribution in [2.24, 2.45) is 0 Å². The van der Waals surface area contributed by atoms with E-state index in [1.54, 1.807) is 29.3 Å². The van der Waals surface area contributed by atoms with E-state index >= 15 is 0 Å². The Bertz CT molecular complexity index is 1570. The number of H-pyrrole nitrogens is 1. The summed E-state index contributed by atoms with van der Waals surface area (Å²) in [7, 11) is 0. The number of carbonyl (C=O) groups excluding carboxylic acids is 2. The molecule has 3 aromatic carbocycles. The highest BCUT2D eigenvalue weighted by atomic mass is 19.1. The number of rotatable bonds is 16. The lowest BCUT2D eigenvalue weighted by Gasteiger charge is -2.26. The smallest absolute Gasteiger partial charge is 0.253 e. The molecule has 0 saturated carbocycles.